The number of ether oxygens (including phenoxy) is 1. The quantitative estimate of drug-likeness (QED) is 0.259. The summed E-state index contributed by atoms with van der Waals surface area (Å²) < 4.78 is 36.1. The van der Waals surface area contributed by atoms with Gasteiger partial charge in [0.1, 0.15) is 11.6 Å². The van der Waals surface area contributed by atoms with Crippen LogP contribution in [0.5, 0.6) is 5.88 Å². The highest BCUT2D eigenvalue weighted by Gasteiger charge is 2.31. The van der Waals surface area contributed by atoms with E-state index in [9.17, 15) is 4.79 Å². The van der Waals surface area contributed by atoms with Gasteiger partial charge in [0, 0.05) is 29.3 Å². The molecule has 1 aromatic carbocycles. The predicted molar refractivity (Wildman–Crippen MR) is 133 cm³/mol. The third kappa shape index (κ3) is 6.86. The first-order valence-corrected chi connectivity index (χ1v) is 13.2. The highest BCUT2D eigenvalue weighted by molar-refractivity contribution is 6.00. The number of carbonyl (C=O) groups excluding carboxylic acids is 1. The molecule has 0 N–H and O–H groups in total. The van der Waals surface area contributed by atoms with Gasteiger partial charge in [-0.3, -0.25) is 4.79 Å². The second-order valence-corrected chi connectivity index (χ2v) is 9.52. The maximum atomic E-state index is 15.4. The first-order valence-electron chi connectivity index (χ1n) is 13.2. The number of nitrogens with zero attached hydrogens (tertiary/aromatic N) is 1. The zero-order chi connectivity index (χ0) is 24.3. The molecule has 0 aliphatic heterocycles. The highest BCUT2D eigenvalue weighted by atomic mass is 19.1. The summed E-state index contributed by atoms with van der Waals surface area (Å²) in [7, 11) is 0. The van der Waals surface area contributed by atoms with Crippen LogP contribution in [0.3, 0.4) is 0 Å². The lowest BCUT2D eigenvalue weighted by molar-refractivity contribution is 0.0890. The fraction of sp³-hybridized carbons (Fsp3) is 0.586. The fourth-order valence-corrected chi connectivity index (χ4v) is 4.82. The Kier molecular flexibility index (Phi) is 10.5. The van der Waals surface area contributed by atoms with Gasteiger partial charge in [-0.15, -0.1) is 0 Å². The molecular weight excluding hydrogens is 432 g/mol. The Hall–Kier alpha value is -2.30. The average molecular weight is 472 g/mol. The molecule has 0 bridgehead atoms. The normalized spacial score (nSPS) is 15.4. The van der Waals surface area contributed by atoms with Crippen LogP contribution >= 0.6 is 0 Å². The highest BCUT2D eigenvalue weighted by Crippen LogP contribution is 2.36. The standard InChI is InChI=1S/C29H39F2NO2/c1-3-5-7-9-10-11-13-21-14-16-23-24(29(21)33)19-25(30)27(28(23)31)22-15-17-26(32-20-22)34-18-12-8-6-4-2/h15,17,19-21H,3-14,16,18H2,1-2H3. The number of fused-ring (bicyclic) bond motifs is 1. The van der Waals surface area contributed by atoms with Crippen LogP contribution in [0.25, 0.3) is 11.1 Å². The number of hydrogen-bond acceptors (Lipinski definition) is 3. The molecule has 3 rings (SSSR count). The summed E-state index contributed by atoms with van der Waals surface area (Å²) in [5, 5.41) is 0. The number of aromatic nitrogens is 1. The molecule has 2 aromatic rings. The van der Waals surface area contributed by atoms with E-state index in [1.54, 1.807) is 12.1 Å². The summed E-state index contributed by atoms with van der Waals surface area (Å²) in [6, 6.07) is 4.52. The summed E-state index contributed by atoms with van der Waals surface area (Å²) in [5.41, 5.74) is 0.818. The van der Waals surface area contributed by atoms with Crippen LogP contribution in [-0.4, -0.2) is 17.4 Å². The molecule has 186 valence electrons. The Morgan fingerprint density at radius 2 is 1.68 bits per heavy atom. The van der Waals surface area contributed by atoms with Crippen molar-refractivity contribution in [2.24, 2.45) is 5.92 Å². The number of halogens is 2. The van der Waals surface area contributed by atoms with Crippen LogP contribution in [0.1, 0.15) is 107 Å². The van der Waals surface area contributed by atoms with Crippen molar-refractivity contribution in [1.29, 1.82) is 0 Å². The van der Waals surface area contributed by atoms with Crippen LogP contribution in [0, 0.1) is 17.6 Å². The number of Topliss-reactive ketones (excluding diaryl/α,β-unsaturated/α-hetero) is 1. The average Bonchev–Trinajstić information content (AvgIpc) is 2.84. The van der Waals surface area contributed by atoms with Gasteiger partial charge in [0.25, 0.3) is 0 Å². The number of benzene rings is 1. The van der Waals surface area contributed by atoms with Gasteiger partial charge >= 0.3 is 0 Å². The van der Waals surface area contributed by atoms with Gasteiger partial charge in [-0.25, -0.2) is 13.8 Å². The van der Waals surface area contributed by atoms with Gasteiger partial charge in [-0.05, 0) is 43.4 Å². The van der Waals surface area contributed by atoms with Crippen molar-refractivity contribution in [2.45, 2.75) is 97.3 Å². The molecule has 0 amide bonds. The van der Waals surface area contributed by atoms with Crippen molar-refractivity contribution in [3.05, 3.63) is 47.2 Å². The van der Waals surface area contributed by atoms with Crippen LogP contribution < -0.4 is 4.74 Å². The van der Waals surface area contributed by atoms with Crippen molar-refractivity contribution >= 4 is 5.78 Å². The van der Waals surface area contributed by atoms with Gasteiger partial charge in [0.15, 0.2) is 5.78 Å². The topological polar surface area (TPSA) is 39.2 Å². The maximum Gasteiger partial charge on any atom is 0.213 e. The third-order valence-corrected chi connectivity index (χ3v) is 6.88. The van der Waals surface area contributed by atoms with Gasteiger partial charge in [-0.1, -0.05) is 71.6 Å². The van der Waals surface area contributed by atoms with Crippen LogP contribution in [0.15, 0.2) is 24.4 Å². The number of carbonyl (C=O) groups is 1. The van der Waals surface area contributed by atoms with Gasteiger partial charge in [0.05, 0.1) is 12.2 Å². The lowest BCUT2D eigenvalue weighted by Crippen LogP contribution is -2.24. The van der Waals surface area contributed by atoms with Crippen molar-refractivity contribution < 1.29 is 18.3 Å². The molecule has 1 unspecified atom stereocenters. The molecule has 1 aliphatic rings. The second-order valence-electron chi connectivity index (χ2n) is 9.52. The minimum Gasteiger partial charge on any atom is -0.478 e. The molecule has 5 heteroatoms. The monoisotopic (exact) mass is 471 g/mol. The molecule has 34 heavy (non-hydrogen) atoms. The van der Waals surface area contributed by atoms with E-state index in [2.05, 4.69) is 18.8 Å². The summed E-state index contributed by atoms with van der Waals surface area (Å²) >= 11 is 0. The molecule has 0 saturated carbocycles. The first-order chi connectivity index (χ1) is 16.6. The number of pyridine rings is 1. The van der Waals surface area contributed by atoms with Crippen molar-refractivity contribution in [2.75, 3.05) is 6.61 Å². The van der Waals surface area contributed by atoms with E-state index in [1.807, 2.05) is 0 Å². The van der Waals surface area contributed by atoms with E-state index in [-0.39, 0.29) is 22.8 Å². The predicted octanol–water partition coefficient (Wildman–Crippen LogP) is 8.48. The minimum atomic E-state index is -0.708. The van der Waals surface area contributed by atoms with Crippen LogP contribution in [0.4, 0.5) is 8.78 Å². The lowest BCUT2D eigenvalue weighted by atomic mass is 9.79. The summed E-state index contributed by atoms with van der Waals surface area (Å²) in [6.07, 6.45) is 14.8. The van der Waals surface area contributed by atoms with Crippen LogP contribution in [0.2, 0.25) is 0 Å². The van der Waals surface area contributed by atoms with Crippen molar-refractivity contribution in [3.63, 3.8) is 0 Å². The molecular formula is C29H39F2NO2. The second kappa shape index (κ2) is 13.6. The zero-order valence-corrected chi connectivity index (χ0v) is 20.8. The number of hydrogen-bond donors (Lipinski definition) is 0. The molecule has 0 spiro atoms. The lowest BCUT2D eigenvalue weighted by Gasteiger charge is -2.25. The molecule has 1 aromatic heterocycles. The molecule has 1 heterocycles. The minimum absolute atomic E-state index is 0.107. The number of unbranched alkanes of at least 4 members (excludes halogenated alkanes) is 8. The van der Waals surface area contributed by atoms with E-state index in [0.29, 0.717) is 36.5 Å². The van der Waals surface area contributed by atoms with Gasteiger partial charge < -0.3 is 4.74 Å². The summed E-state index contributed by atoms with van der Waals surface area (Å²) in [5.74, 6) is -1.12. The Bertz CT molecular complexity index is 927. The summed E-state index contributed by atoms with van der Waals surface area (Å²) in [6.45, 7) is 4.93. The Morgan fingerprint density at radius 3 is 2.38 bits per heavy atom. The Labute approximate surface area is 203 Å². The number of ketones is 1. The molecule has 1 aliphatic carbocycles. The molecule has 3 nitrogen and oxygen atoms in total. The third-order valence-electron chi connectivity index (χ3n) is 6.88. The number of rotatable bonds is 14. The molecule has 0 fully saturated rings. The molecule has 0 radical (unpaired) electrons. The Balaban J connectivity index is 1.65. The first kappa shape index (κ1) is 26.3. The smallest absolute Gasteiger partial charge is 0.213 e. The van der Waals surface area contributed by atoms with E-state index < -0.39 is 11.6 Å². The Morgan fingerprint density at radius 1 is 0.971 bits per heavy atom. The molecule has 1 atom stereocenters. The fourth-order valence-electron chi connectivity index (χ4n) is 4.82. The van der Waals surface area contributed by atoms with E-state index in [4.69, 9.17) is 4.74 Å². The molecule has 0 saturated heterocycles. The van der Waals surface area contributed by atoms with Crippen molar-refractivity contribution in [1.82, 2.24) is 4.98 Å². The van der Waals surface area contributed by atoms with Crippen LogP contribution in [-0.2, 0) is 6.42 Å². The van der Waals surface area contributed by atoms with Gasteiger partial charge in [-0.2, -0.15) is 0 Å². The zero-order valence-electron chi connectivity index (χ0n) is 20.8. The van der Waals surface area contributed by atoms with Crippen molar-refractivity contribution in [3.8, 4) is 17.0 Å². The van der Waals surface area contributed by atoms with Gasteiger partial charge in [0.2, 0.25) is 5.88 Å². The largest absolute Gasteiger partial charge is 0.478 e. The van der Waals surface area contributed by atoms with E-state index in [0.717, 1.165) is 38.5 Å². The maximum absolute atomic E-state index is 15.4. The van der Waals surface area contributed by atoms with E-state index in [1.165, 1.54) is 44.4 Å². The summed E-state index contributed by atoms with van der Waals surface area (Å²) in [4.78, 5) is 17.2. The SMILES string of the molecule is CCCCCCCCC1CCc2c(cc(F)c(-c3ccc(OCCCCCC)nc3)c2F)C1=O. The van der Waals surface area contributed by atoms with E-state index >= 15 is 8.78 Å².